The van der Waals surface area contributed by atoms with Gasteiger partial charge in [-0.05, 0) is 139 Å². The Morgan fingerprint density at radius 1 is 0.371 bits per heavy atom. The highest BCUT2D eigenvalue weighted by atomic mass is 14.0. The first-order chi connectivity index (χ1) is 16.6. The Labute approximate surface area is 220 Å². The topological polar surface area (TPSA) is 0 Å². The zero-order chi connectivity index (χ0) is 26.5. The van der Waals surface area contributed by atoms with Gasteiger partial charge in [0.2, 0.25) is 0 Å². The summed E-state index contributed by atoms with van der Waals surface area (Å²) in [5.41, 5.74) is 10.4. The van der Waals surface area contributed by atoms with Gasteiger partial charge in [-0.2, -0.15) is 0 Å². The molecule has 0 rings (SSSR count). The summed E-state index contributed by atoms with van der Waals surface area (Å²) >= 11 is 0. The molecule has 0 nitrogen and oxygen atoms in total. The van der Waals surface area contributed by atoms with Gasteiger partial charge in [0.25, 0.3) is 0 Å². The molecule has 0 N–H and O–H groups in total. The Kier molecular flexibility index (Phi) is 20.3. The molecule has 0 aliphatic heterocycles. The minimum atomic E-state index is 1.04. The van der Waals surface area contributed by atoms with Crippen LogP contribution >= 0.6 is 0 Å². The molecule has 0 aromatic carbocycles. The lowest BCUT2D eigenvalue weighted by atomic mass is 10.0. The van der Waals surface area contributed by atoms with E-state index in [0.717, 1.165) is 25.7 Å². The highest BCUT2D eigenvalue weighted by Crippen LogP contribution is 2.15. The van der Waals surface area contributed by atoms with Crippen molar-refractivity contribution in [2.45, 2.75) is 133 Å². The molecule has 0 aromatic heterocycles. The maximum absolute atomic E-state index is 2.43. The molecular weight excluding hydrogens is 420 g/mol. The fourth-order valence-corrected chi connectivity index (χ4v) is 3.85. The lowest BCUT2D eigenvalue weighted by Gasteiger charge is -2.03. The predicted octanol–water partition coefficient (Wildman–Crippen LogP) is 12.1. The second-order valence-electron chi connectivity index (χ2n) is 10.9. The van der Waals surface area contributed by atoms with Crippen LogP contribution in [-0.2, 0) is 0 Å². The minimum Gasteiger partial charge on any atom is -0.0856 e. The van der Waals surface area contributed by atoms with Crippen LogP contribution in [0.1, 0.15) is 133 Å². The van der Waals surface area contributed by atoms with Crippen LogP contribution in [0.25, 0.3) is 0 Å². The van der Waals surface area contributed by atoms with E-state index in [1.807, 2.05) is 0 Å². The van der Waals surface area contributed by atoms with Crippen molar-refractivity contribution >= 4 is 0 Å². The standard InChI is InChI=1S/C35H57/c1-29(2)17-12-21-33(7)25-14-23-31(5)19-10-11-20-32(6)24-15-27-35(9)28-16-26-34(8)22-13-18-30(3)4/h11,17-20,25-27H,10,12-16,21-24,28H2,1-9H3/b31-19?,32-20+,33-25?,34-26+,35-27+. The predicted molar refractivity (Wildman–Crippen MR) is 163 cm³/mol. The number of allylic oxidation sites excluding steroid dienone is 14. The van der Waals surface area contributed by atoms with Crippen molar-refractivity contribution in [1.82, 2.24) is 0 Å². The fourth-order valence-electron chi connectivity index (χ4n) is 3.85. The molecule has 0 spiro atoms. The molecule has 35 heavy (non-hydrogen) atoms. The van der Waals surface area contributed by atoms with E-state index in [1.165, 1.54) is 84.0 Å². The van der Waals surface area contributed by atoms with Crippen molar-refractivity contribution in [3.63, 3.8) is 0 Å². The van der Waals surface area contributed by atoms with Crippen molar-refractivity contribution in [3.05, 3.63) is 88.0 Å². The molecule has 0 aromatic rings. The van der Waals surface area contributed by atoms with Crippen molar-refractivity contribution in [2.24, 2.45) is 0 Å². The van der Waals surface area contributed by atoms with Crippen LogP contribution in [0.15, 0.2) is 81.5 Å². The molecule has 0 saturated heterocycles. The van der Waals surface area contributed by atoms with E-state index < -0.39 is 0 Å². The van der Waals surface area contributed by atoms with Gasteiger partial charge >= 0.3 is 0 Å². The average Bonchev–Trinajstić information content (AvgIpc) is 2.76. The van der Waals surface area contributed by atoms with Crippen LogP contribution < -0.4 is 0 Å². The molecule has 0 aliphatic rings. The van der Waals surface area contributed by atoms with Gasteiger partial charge in [0, 0.05) is 0 Å². The maximum atomic E-state index is 2.43. The summed E-state index contributed by atoms with van der Waals surface area (Å²) < 4.78 is 0. The maximum Gasteiger partial charge on any atom is -0.0130 e. The van der Waals surface area contributed by atoms with Crippen molar-refractivity contribution in [2.75, 3.05) is 0 Å². The molecule has 1 radical (unpaired) electrons. The average molecular weight is 478 g/mol. The number of hydrogen-bond donors (Lipinski definition) is 0. The Bertz CT molecular complexity index is 778. The quantitative estimate of drug-likeness (QED) is 0.136. The smallest absolute Gasteiger partial charge is 0.0130 e. The van der Waals surface area contributed by atoms with Crippen LogP contribution in [-0.4, -0.2) is 0 Å². The van der Waals surface area contributed by atoms with Crippen LogP contribution in [0.3, 0.4) is 0 Å². The summed E-state index contributed by atoms with van der Waals surface area (Å²) in [6.07, 6.45) is 31.7. The van der Waals surface area contributed by atoms with Gasteiger partial charge in [-0.3, -0.25) is 0 Å². The second-order valence-corrected chi connectivity index (χ2v) is 10.9. The Morgan fingerprint density at radius 3 is 1.06 bits per heavy atom. The van der Waals surface area contributed by atoms with Gasteiger partial charge in [-0.25, -0.2) is 0 Å². The van der Waals surface area contributed by atoms with E-state index in [2.05, 4.69) is 111 Å². The molecule has 0 bridgehead atoms. The lowest BCUT2D eigenvalue weighted by molar-refractivity contribution is 0.899. The third-order valence-corrected chi connectivity index (χ3v) is 6.28. The first-order valence-electron chi connectivity index (χ1n) is 14.0. The van der Waals surface area contributed by atoms with Crippen LogP contribution in [0.5, 0.6) is 0 Å². The number of unbranched alkanes of at least 4 members (excludes halogenated alkanes) is 1. The molecule has 0 saturated carbocycles. The number of hydrogen-bond acceptors (Lipinski definition) is 0. The molecule has 0 fully saturated rings. The van der Waals surface area contributed by atoms with E-state index in [-0.39, 0.29) is 0 Å². The molecular formula is C35H57. The fraction of sp³-hybridized carbons (Fsp3) is 0.571. The highest BCUT2D eigenvalue weighted by molar-refractivity contribution is 5.12. The molecule has 0 heteroatoms. The van der Waals surface area contributed by atoms with Crippen molar-refractivity contribution < 1.29 is 0 Å². The third kappa shape index (κ3) is 23.7. The third-order valence-electron chi connectivity index (χ3n) is 6.28. The first kappa shape index (κ1) is 33.2. The Hall–Kier alpha value is -1.82. The molecule has 0 heterocycles. The minimum absolute atomic E-state index is 1.04. The van der Waals surface area contributed by atoms with E-state index in [1.54, 1.807) is 0 Å². The largest absolute Gasteiger partial charge is 0.0856 e. The van der Waals surface area contributed by atoms with Gasteiger partial charge in [0.1, 0.15) is 0 Å². The van der Waals surface area contributed by atoms with E-state index in [0.29, 0.717) is 0 Å². The Balaban J connectivity index is 4.11. The van der Waals surface area contributed by atoms with E-state index in [4.69, 9.17) is 0 Å². The van der Waals surface area contributed by atoms with Crippen molar-refractivity contribution in [1.29, 1.82) is 0 Å². The second kappa shape index (κ2) is 21.5. The molecule has 0 unspecified atom stereocenters. The molecule has 0 amide bonds. The van der Waals surface area contributed by atoms with Gasteiger partial charge in [-0.1, -0.05) is 81.5 Å². The summed E-state index contributed by atoms with van der Waals surface area (Å²) in [5.74, 6) is 0. The molecule has 0 aliphatic carbocycles. The SMILES string of the molecule is CC(C)=CCCC(C)=CCCC(C)=CC[CH]/C=C(\C)CC/C=C(\C)CC/C=C(\C)CCC=C(C)C. The van der Waals surface area contributed by atoms with Crippen molar-refractivity contribution in [3.8, 4) is 0 Å². The van der Waals surface area contributed by atoms with E-state index in [9.17, 15) is 0 Å². The van der Waals surface area contributed by atoms with Gasteiger partial charge < -0.3 is 0 Å². The monoisotopic (exact) mass is 477 g/mol. The summed E-state index contributed by atoms with van der Waals surface area (Å²) in [6.45, 7) is 20.1. The van der Waals surface area contributed by atoms with Crippen LogP contribution in [0.4, 0.5) is 0 Å². The van der Waals surface area contributed by atoms with Gasteiger partial charge in [0.05, 0.1) is 0 Å². The zero-order valence-corrected chi connectivity index (χ0v) is 24.9. The number of rotatable bonds is 18. The summed E-state index contributed by atoms with van der Waals surface area (Å²) in [4.78, 5) is 0. The highest BCUT2D eigenvalue weighted by Gasteiger charge is 1.95. The Morgan fingerprint density at radius 2 is 0.686 bits per heavy atom. The first-order valence-corrected chi connectivity index (χ1v) is 14.0. The summed E-state index contributed by atoms with van der Waals surface area (Å²) in [6, 6.07) is 0. The summed E-state index contributed by atoms with van der Waals surface area (Å²) in [7, 11) is 0. The molecule has 197 valence electrons. The van der Waals surface area contributed by atoms with Gasteiger partial charge in [-0.15, -0.1) is 0 Å². The summed E-state index contributed by atoms with van der Waals surface area (Å²) in [5, 5.41) is 0. The van der Waals surface area contributed by atoms with E-state index >= 15 is 0 Å². The zero-order valence-electron chi connectivity index (χ0n) is 24.9. The van der Waals surface area contributed by atoms with Crippen LogP contribution in [0, 0.1) is 6.42 Å². The lowest BCUT2D eigenvalue weighted by Crippen LogP contribution is -1.83. The normalized spacial score (nSPS) is 13.8. The molecule has 0 atom stereocenters. The van der Waals surface area contributed by atoms with Gasteiger partial charge in [0.15, 0.2) is 0 Å². The van der Waals surface area contributed by atoms with Crippen LogP contribution in [0.2, 0.25) is 0 Å².